The average molecular weight is 492 g/mol. The van der Waals surface area contributed by atoms with Crippen molar-refractivity contribution in [3.63, 3.8) is 0 Å². The number of methoxy groups -OCH3 is 2. The van der Waals surface area contributed by atoms with Gasteiger partial charge in [0.25, 0.3) is 11.8 Å². The van der Waals surface area contributed by atoms with Crippen LogP contribution in [0.5, 0.6) is 17.2 Å². The van der Waals surface area contributed by atoms with Crippen LogP contribution in [0.15, 0.2) is 46.0 Å². The Hall–Kier alpha value is -3.07. The summed E-state index contributed by atoms with van der Waals surface area (Å²) < 4.78 is 16.8. The molecule has 166 valence electrons. The molecule has 1 unspecified atom stereocenters. The molecule has 0 aliphatic carbocycles. The molecule has 0 aromatic heterocycles. The number of halogens is 1. The summed E-state index contributed by atoms with van der Waals surface area (Å²) in [6.45, 7) is 4.16. The van der Waals surface area contributed by atoms with Crippen molar-refractivity contribution in [1.29, 1.82) is 0 Å². The Balaban J connectivity index is 1.96. The summed E-state index contributed by atoms with van der Waals surface area (Å²) >= 11 is 3.46. The lowest BCUT2D eigenvalue weighted by Gasteiger charge is -2.13. The van der Waals surface area contributed by atoms with Crippen molar-refractivity contribution in [2.75, 3.05) is 20.8 Å². The number of carbonyl (C=O) groups is 2. The number of ether oxygens (including phenoxy) is 3. The number of amides is 2. The maximum absolute atomic E-state index is 12.3. The molecule has 0 fully saturated rings. The number of rotatable bonds is 10. The minimum absolute atomic E-state index is 0.370. The molecule has 2 amide bonds. The lowest BCUT2D eigenvalue weighted by Crippen LogP contribution is -2.43. The van der Waals surface area contributed by atoms with Crippen molar-refractivity contribution in [2.45, 2.75) is 26.3 Å². The molecular formula is C22H26BrN3O5. The molecule has 2 rings (SSSR count). The highest BCUT2D eigenvalue weighted by atomic mass is 79.9. The van der Waals surface area contributed by atoms with Gasteiger partial charge in [-0.05, 0) is 71.2 Å². The molecule has 0 aliphatic heterocycles. The van der Waals surface area contributed by atoms with Crippen LogP contribution in [0.25, 0.3) is 0 Å². The summed E-state index contributed by atoms with van der Waals surface area (Å²) in [5, 5.41) is 6.59. The van der Waals surface area contributed by atoms with E-state index in [1.165, 1.54) is 6.21 Å². The normalized spacial score (nSPS) is 11.6. The molecule has 31 heavy (non-hydrogen) atoms. The van der Waals surface area contributed by atoms with Crippen LogP contribution in [0, 0.1) is 0 Å². The maximum Gasteiger partial charge on any atom is 0.262 e. The van der Waals surface area contributed by atoms with Crippen LogP contribution in [0.2, 0.25) is 0 Å². The van der Waals surface area contributed by atoms with Crippen molar-refractivity contribution in [1.82, 2.24) is 10.7 Å². The first kappa shape index (κ1) is 24.2. The quantitative estimate of drug-likeness (QED) is 0.391. The zero-order valence-electron chi connectivity index (χ0n) is 17.9. The second-order valence-electron chi connectivity index (χ2n) is 6.54. The van der Waals surface area contributed by atoms with Gasteiger partial charge in [0.2, 0.25) is 0 Å². The van der Waals surface area contributed by atoms with E-state index < -0.39 is 11.9 Å². The standard InChI is InChI=1S/C22H26BrN3O5/c1-5-10-31-20-18(23)11-15(12-19(20)30-4)13-24-26-21(27)14(2)25-22(28)16-6-8-17(29-3)9-7-16/h6-9,11-14H,5,10H2,1-4H3,(H,25,28)(H,26,27). The molecule has 0 heterocycles. The van der Waals surface area contributed by atoms with Crippen LogP contribution in [0.3, 0.4) is 0 Å². The Kier molecular flexibility index (Phi) is 9.33. The first-order valence-corrected chi connectivity index (χ1v) is 10.5. The van der Waals surface area contributed by atoms with E-state index in [1.807, 2.05) is 6.92 Å². The number of hydrazone groups is 1. The Morgan fingerprint density at radius 2 is 1.87 bits per heavy atom. The van der Waals surface area contributed by atoms with Gasteiger partial charge in [-0.1, -0.05) is 6.92 Å². The van der Waals surface area contributed by atoms with E-state index >= 15 is 0 Å². The number of hydrogen-bond acceptors (Lipinski definition) is 6. The topological polar surface area (TPSA) is 98.2 Å². The number of hydrogen-bond donors (Lipinski definition) is 2. The van der Waals surface area contributed by atoms with Crippen LogP contribution in [0.1, 0.15) is 36.2 Å². The highest BCUT2D eigenvalue weighted by Gasteiger charge is 2.16. The predicted octanol–water partition coefficient (Wildman–Crippen LogP) is 3.52. The van der Waals surface area contributed by atoms with Gasteiger partial charge in [-0.3, -0.25) is 9.59 Å². The third-order valence-electron chi connectivity index (χ3n) is 4.18. The molecule has 0 saturated heterocycles. The monoisotopic (exact) mass is 491 g/mol. The smallest absolute Gasteiger partial charge is 0.262 e. The lowest BCUT2D eigenvalue weighted by molar-refractivity contribution is -0.122. The maximum atomic E-state index is 12.3. The molecule has 1 atom stereocenters. The Labute approximate surface area is 190 Å². The molecule has 0 spiro atoms. The van der Waals surface area contributed by atoms with E-state index in [9.17, 15) is 9.59 Å². The van der Waals surface area contributed by atoms with E-state index in [0.717, 1.165) is 6.42 Å². The molecule has 0 saturated carbocycles. The summed E-state index contributed by atoms with van der Waals surface area (Å²) in [4.78, 5) is 24.5. The van der Waals surface area contributed by atoms with Crippen LogP contribution < -0.4 is 25.0 Å². The van der Waals surface area contributed by atoms with Gasteiger partial charge in [-0.2, -0.15) is 5.10 Å². The SMILES string of the molecule is CCCOc1c(Br)cc(C=NNC(=O)C(C)NC(=O)c2ccc(OC)cc2)cc1OC. The fourth-order valence-corrected chi connectivity index (χ4v) is 3.09. The van der Waals surface area contributed by atoms with Gasteiger partial charge in [0.05, 0.1) is 31.5 Å². The van der Waals surface area contributed by atoms with Gasteiger partial charge in [-0.15, -0.1) is 0 Å². The van der Waals surface area contributed by atoms with Crippen LogP contribution >= 0.6 is 15.9 Å². The van der Waals surface area contributed by atoms with Gasteiger partial charge in [0.15, 0.2) is 11.5 Å². The summed E-state index contributed by atoms with van der Waals surface area (Å²) in [6, 6.07) is 9.37. The third-order valence-corrected chi connectivity index (χ3v) is 4.77. The van der Waals surface area contributed by atoms with Crippen molar-refractivity contribution < 1.29 is 23.8 Å². The highest BCUT2D eigenvalue weighted by molar-refractivity contribution is 9.10. The molecule has 2 aromatic carbocycles. The number of nitrogens with one attached hydrogen (secondary N) is 2. The number of carbonyl (C=O) groups excluding carboxylic acids is 2. The van der Waals surface area contributed by atoms with E-state index in [0.29, 0.717) is 39.5 Å². The predicted molar refractivity (Wildman–Crippen MR) is 122 cm³/mol. The molecule has 8 nitrogen and oxygen atoms in total. The first-order chi connectivity index (χ1) is 14.9. The second kappa shape index (κ2) is 11.9. The van der Waals surface area contributed by atoms with E-state index in [1.54, 1.807) is 57.5 Å². The van der Waals surface area contributed by atoms with Crippen molar-refractivity contribution >= 4 is 34.0 Å². The largest absolute Gasteiger partial charge is 0.497 e. The van der Waals surface area contributed by atoms with Crippen molar-refractivity contribution in [3.05, 3.63) is 52.0 Å². The average Bonchev–Trinajstić information content (AvgIpc) is 2.77. The van der Waals surface area contributed by atoms with Gasteiger partial charge >= 0.3 is 0 Å². The molecule has 2 N–H and O–H groups in total. The highest BCUT2D eigenvalue weighted by Crippen LogP contribution is 2.36. The first-order valence-electron chi connectivity index (χ1n) is 9.67. The Bertz CT molecular complexity index is 931. The van der Waals surface area contributed by atoms with Gasteiger partial charge in [0, 0.05) is 5.56 Å². The fraction of sp³-hybridized carbons (Fsp3) is 0.318. The molecule has 9 heteroatoms. The van der Waals surface area contributed by atoms with Gasteiger partial charge in [-0.25, -0.2) is 5.43 Å². The van der Waals surface area contributed by atoms with E-state index in [2.05, 4.69) is 31.8 Å². The molecule has 2 aromatic rings. The van der Waals surface area contributed by atoms with E-state index in [-0.39, 0.29) is 5.91 Å². The van der Waals surface area contributed by atoms with Crippen LogP contribution in [-0.4, -0.2) is 44.9 Å². The molecule has 0 aliphatic rings. The van der Waals surface area contributed by atoms with Crippen molar-refractivity contribution in [3.8, 4) is 17.2 Å². The summed E-state index contributed by atoms with van der Waals surface area (Å²) in [5.74, 6) is 0.985. The van der Waals surface area contributed by atoms with Crippen molar-refractivity contribution in [2.24, 2.45) is 5.10 Å². The van der Waals surface area contributed by atoms with Gasteiger partial charge in [0.1, 0.15) is 11.8 Å². The molecule has 0 radical (unpaired) electrons. The fourth-order valence-electron chi connectivity index (χ4n) is 2.51. The second-order valence-corrected chi connectivity index (χ2v) is 7.39. The summed E-state index contributed by atoms with van der Waals surface area (Å²) in [6.07, 6.45) is 2.35. The Morgan fingerprint density at radius 1 is 1.16 bits per heavy atom. The molecule has 0 bridgehead atoms. The van der Waals surface area contributed by atoms with E-state index in [4.69, 9.17) is 14.2 Å². The zero-order valence-corrected chi connectivity index (χ0v) is 19.5. The van der Waals surface area contributed by atoms with Crippen LogP contribution in [0.4, 0.5) is 0 Å². The summed E-state index contributed by atoms with van der Waals surface area (Å²) in [5.41, 5.74) is 3.54. The minimum atomic E-state index is -0.780. The minimum Gasteiger partial charge on any atom is -0.497 e. The molecular weight excluding hydrogens is 466 g/mol. The van der Waals surface area contributed by atoms with Gasteiger partial charge < -0.3 is 19.5 Å². The number of nitrogens with zero attached hydrogens (tertiary/aromatic N) is 1. The zero-order chi connectivity index (χ0) is 22.8. The lowest BCUT2D eigenvalue weighted by atomic mass is 10.2. The summed E-state index contributed by atoms with van der Waals surface area (Å²) in [7, 11) is 3.10. The third kappa shape index (κ3) is 6.99. The Morgan fingerprint density at radius 3 is 2.48 bits per heavy atom. The number of benzene rings is 2. The van der Waals surface area contributed by atoms with Crippen LogP contribution in [-0.2, 0) is 4.79 Å².